The van der Waals surface area contributed by atoms with E-state index in [1.165, 1.54) is 22.9 Å². The van der Waals surface area contributed by atoms with Crippen molar-refractivity contribution in [2.75, 3.05) is 17.2 Å². The first-order valence-electron chi connectivity index (χ1n) is 9.45. The Hall–Kier alpha value is -2.86. The average molecular weight is 388 g/mol. The zero-order valence-electron chi connectivity index (χ0n) is 15.6. The maximum atomic E-state index is 12.9. The Bertz CT molecular complexity index is 1200. The van der Waals surface area contributed by atoms with Crippen molar-refractivity contribution in [3.05, 3.63) is 59.9 Å². The summed E-state index contributed by atoms with van der Waals surface area (Å²) in [6.07, 6.45) is 3.63. The number of H-pyrrole nitrogens is 1. The summed E-state index contributed by atoms with van der Waals surface area (Å²) >= 11 is 1.47. The van der Waals surface area contributed by atoms with Crippen LogP contribution >= 0.6 is 11.8 Å². The van der Waals surface area contributed by atoms with E-state index in [4.69, 9.17) is 0 Å². The fraction of sp³-hybridized carbons (Fsp3) is 0.227. The van der Waals surface area contributed by atoms with E-state index in [9.17, 15) is 4.79 Å². The van der Waals surface area contributed by atoms with Gasteiger partial charge in [-0.15, -0.1) is 0 Å². The highest BCUT2D eigenvalue weighted by Gasteiger charge is 2.22. The van der Waals surface area contributed by atoms with Gasteiger partial charge in [-0.05, 0) is 43.5 Å². The lowest BCUT2D eigenvalue weighted by atomic mass is 10.0. The number of aryl methyl sites for hydroxylation is 2. The van der Waals surface area contributed by atoms with Gasteiger partial charge in [-0.25, -0.2) is 9.97 Å². The molecule has 1 amide bonds. The Labute approximate surface area is 167 Å². The molecule has 0 saturated heterocycles. The number of fused-ring (bicyclic) bond motifs is 4. The SMILES string of the molecule is Cc1ccc2[nH]c3c(SCC(=O)N4CCCc5ccccc54)ncnc3c2c1. The van der Waals surface area contributed by atoms with Crippen LogP contribution in [0.3, 0.4) is 0 Å². The van der Waals surface area contributed by atoms with E-state index in [-0.39, 0.29) is 5.91 Å². The molecule has 5 rings (SSSR count). The summed E-state index contributed by atoms with van der Waals surface area (Å²) in [5.74, 6) is 0.477. The van der Waals surface area contributed by atoms with E-state index in [0.717, 1.165) is 52.0 Å². The number of anilines is 1. The molecule has 5 nitrogen and oxygen atoms in total. The predicted molar refractivity (Wildman–Crippen MR) is 114 cm³/mol. The van der Waals surface area contributed by atoms with Gasteiger partial charge in [0.1, 0.15) is 16.9 Å². The van der Waals surface area contributed by atoms with Crippen LogP contribution in [0.5, 0.6) is 0 Å². The molecule has 6 heteroatoms. The fourth-order valence-corrected chi connectivity index (χ4v) is 4.72. The molecule has 28 heavy (non-hydrogen) atoms. The van der Waals surface area contributed by atoms with Crippen molar-refractivity contribution in [3.63, 3.8) is 0 Å². The van der Waals surface area contributed by atoms with Gasteiger partial charge < -0.3 is 9.88 Å². The molecule has 2 aromatic carbocycles. The van der Waals surface area contributed by atoms with Crippen molar-refractivity contribution < 1.29 is 4.79 Å². The van der Waals surface area contributed by atoms with Gasteiger partial charge in [0, 0.05) is 23.1 Å². The van der Waals surface area contributed by atoms with E-state index in [1.807, 2.05) is 23.1 Å². The summed E-state index contributed by atoms with van der Waals surface area (Å²) in [5.41, 5.74) is 6.35. The lowest BCUT2D eigenvalue weighted by molar-refractivity contribution is -0.116. The molecule has 0 spiro atoms. The molecule has 3 heterocycles. The molecule has 0 atom stereocenters. The van der Waals surface area contributed by atoms with Crippen molar-refractivity contribution in [1.29, 1.82) is 0 Å². The minimum absolute atomic E-state index is 0.121. The minimum atomic E-state index is 0.121. The summed E-state index contributed by atoms with van der Waals surface area (Å²) in [7, 11) is 0. The number of nitrogens with one attached hydrogen (secondary N) is 1. The smallest absolute Gasteiger partial charge is 0.237 e. The fourth-order valence-electron chi connectivity index (χ4n) is 3.89. The third-order valence-corrected chi connectivity index (χ3v) is 6.22. The summed E-state index contributed by atoms with van der Waals surface area (Å²) in [4.78, 5) is 27.2. The van der Waals surface area contributed by atoms with E-state index < -0.39 is 0 Å². The van der Waals surface area contributed by atoms with Crippen molar-refractivity contribution in [3.8, 4) is 0 Å². The molecule has 0 aliphatic carbocycles. The molecular formula is C22H20N4OS. The number of aromatic nitrogens is 3. The molecule has 0 unspecified atom stereocenters. The van der Waals surface area contributed by atoms with Gasteiger partial charge in [0.15, 0.2) is 0 Å². The Morgan fingerprint density at radius 2 is 2.11 bits per heavy atom. The zero-order valence-corrected chi connectivity index (χ0v) is 16.4. The second-order valence-corrected chi connectivity index (χ2v) is 8.11. The zero-order chi connectivity index (χ0) is 19.1. The highest BCUT2D eigenvalue weighted by molar-refractivity contribution is 8.00. The first-order chi connectivity index (χ1) is 13.7. The van der Waals surface area contributed by atoms with Crippen LogP contribution in [0.2, 0.25) is 0 Å². The molecule has 1 aliphatic rings. The van der Waals surface area contributed by atoms with Crippen LogP contribution in [-0.4, -0.2) is 33.2 Å². The first-order valence-corrected chi connectivity index (χ1v) is 10.4. The average Bonchev–Trinajstić information content (AvgIpc) is 3.10. The Morgan fingerprint density at radius 1 is 1.21 bits per heavy atom. The molecule has 2 aromatic heterocycles. The standard InChI is InChI=1S/C22H20N4OS/c1-14-8-9-17-16(11-14)20-21(25-17)22(24-13-23-20)28-12-19(27)26-10-4-6-15-5-2-3-7-18(15)26/h2-3,5,7-9,11,13,25H,4,6,10,12H2,1H3. The topological polar surface area (TPSA) is 61.9 Å². The van der Waals surface area contributed by atoms with Crippen LogP contribution in [0.15, 0.2) is 53.8 Å². The number of hydrogen-bond donors (Lipinski definition) is 1. The van der Waals surface area contributed by atoms with E-state index in [2.05, 4.69) is 46.1 Å². The van der Waals surface area contributed by atoms with Crippen LogP contribution in [0.1, 0.15) is 17.5 Å². The van der Waals surface area contributed by atoms with Crippen molar-refractivity contribution >= 4 is 45.3 Å². The van der Waals surface area contributed by atoms with Crippen LogP contribution in [0.25, 0.3) is 21.9 Å². The van der Waals surface area contributed by atoms with Crippen LogP contribution in [-0.2, 0) is 11.2 Å². The number of amides is 1. The van der Waals surface area contributed by atoms with Crippen molar-refractivity contribution in [1.82, 2.24) is 15.0 Å². The number of thioether (sulfide) groups is 1. The summed E-state index contributed by atoms with van der Waals surface area (Å²) in [5, 5.41) is 1.91. The number of aromatic amines is 1. The second kappa shape index (κ2) is 6.95. The number of hydrogen-bond acceptors (Lipinski definition) is 4. The van der Waals surface area contributed by atoms with Gasteiger partial charge >= 0.3 is 0 Å². The lowest BCUT2D eigenvalue weighted by Crippen LogP contribution is -2.36. The quantitative estimate of drug-likeness (QED) is 0.415. The maximum Gasteiger partial charge on any atom is 0.237 e. The van der Waals surface area contributed by atoms with Crippen molar-refractivity contribution in [2.24, 2.45) is 0 Å². The van der Waals surface area contributed by atoms with Gasteiger partial charge in [0.2, 0.25) is 5.91 Å². The monoisotopic (exact) mass is 388 g/mol. The molecule has 0 radical (unpaired) electrons. The number of benzene rings is 2. The summed E-state index contributed by atoms with van der Waals surface area (Å²) in [6, 6.07) is 14.5. The first kappa shape index (κ1) is 17.3. The van der Waals surface area contributed by atoms with E-state index in [1.54, 1.807) is 6.33 Å². The van der Waals surface area contributed by atoms with Crippen LogP contribution < -0.4 is 4.90 Å². The summed E-state index contributed by atoms with van der Waals surface area (Å²) < 4.78 is 0. The van der Waals surface area contributed by atoms with Crippen LogP contribution in [0, 0.1) is 6.92 Å². The second-order valence-electron chi connectivity index (χ2n) is 7.14. The molecule has 0 fully saturated rings. The Balaban J connectivity index is 1.42. The third kappa shape index (κ3) is 2.94. The van der Waals surface area contributed by atoms with Gasteiger partial charge in [-0.1, -0.05) is 41.6 Å². The predicted octanol–water partition coefficient (Wildman–Crippen LogP) is 4.49. The lowest BCUT2D eigenvalue weighted by Gasteiger charge is -2.29. The minimum Gasteiger partial charge on any atom is -0.351 e. The van der Waals surface area contributed by atoms with Crippen molar-refractivity contribution in [2.45, 2.75) is 24.8 Å². The third-order valence-electron chi connectivity index (χ3n) is 5.25. The van der Waals surface area contributed by atoms with E-state index >= 15 is 0 Å². The number of carbonyl (C=O) groups is 1. The van der Waals surface area contributed by atoms with Gasteiger partial charge in [0.05, 0.1) is 11.3 Å². The normalized spacial score (nSPS) is 13.8. The molecule has 0 saturated carbocycles. The highest BCUT2D eigenvalue weighted by Crippen LogP contribution is 2.32. The molecule has 1 N–H and O–H groups in total. The molecule has 1 aliphatic heterocycles. The highest BCUT2D eigenvalue weighted by atomic mass is 32.2. The molecule has 4 aromatic rings. The number of nitrogens with zero attached hydrogens (tertiary/aromatic N) is 3. The van der Waals surface area contributed by atoms with Gasteiger partial charge in [0.25, 0.3) is 0 Å². The number of para-hydroxylation sites is 1. The van der Waals surface area contributed by atoms with Crippen LogP contribution in [0.4, 0.5) is 5.69 Å². The van der Waals surface area contributed by atoms with Gasteiger partial charge in [-0.2, -0.15) is 0 Å². The molecular weight excluding hydrogens is 368 g/mol. The summed E-state index contributed by atoms with van der Waals surface area (Å²) in [6.45, 7) is 2.85. The largest absolute Gasteiger partial charge is 0.351 e. The Morgan fingerprint density at radius 3 is 3.04 bits per heavy atom. The molecule has 140 valence electrons. The van der Waals surface area contributed by atoms with E-state index in [0.29, 0.717) is 5.75 Å². The van der Waals surface area contributed by atoms with Gasteiger partial charge in [-0.3, -0.25) is 4.79 Å². The molecule has 0 bridgehead atoms. The maximum absolute atomic E-state index is 12.9. The Kier molecular flexibility index (Phi) is 4.28. The number of carbonyl (C=O) groups excluding carboxylic acids is 1. The number of rotatable bonds is 3.